The van der Waals surface area contributed by atoms with E-state index >= 15 is 0 Å². The lowest BCUT2D eigenvalue weighted by molar-refractivity contribution is -0.145. The molecule has 4 nitrogen and oxygen atoms in total. The van der Waals surface area contributed by atoms with Crippen molar-refractivity contribution in [3.05, 3.63) is 23.9 Å². The molecule has 0 radical (unpaired) electrons. The summed E-state index contributed by atoms with van der Waals surface area (Å²) >= 11 is 0. The van der Waals surface area contributed by atoms with Crippen molar-refractivity contribution in [1.82, 2.24) is 4.90 Å². The monoisotopic (exact) mass is 321 g/mol. The van der Waals surface area contributed by atoms with Crippen LogP contribution in [-0.2, 0) is 14.3 Å². The van der Waals surface area contributed by atoms with Crippen LogP contribution in [0.4, 0.5) is 0 Å². The predicted octanol–water partition coefficient (Wildman–Crippen LogP) is 3.68. The van der Waals surface area contributed by atoms with Crippen molar-refractivity contribution in [3.8, 4) is 0 Å². The summed E-state index contributed by atoms with van der Waals surface area (Å²) in [5.41, 5.74) is 0.962. The van der Waals surface area contributed by atoms with E-state index < -0.39 is 0 Å². The average molecular weight is 321 g/mol. The molecule has 0 bridgehead atoms. The van der Waals surface area contributed by atoms with Crippen LogP contribution in [0.5, 0.6) is 0 Å². The Morgan fingerprint density at radius 1 is 1.43 bits per heavy atom. The van der Waals surface area contributed by atoms with Crippen molar-refractivity contribution in [2.45, 2.75) is 71.1 Å². The summed E-state index contributed by atoms with van der Waals surface area (Å²) in [4.78, 5) is 14.5. The minimum absolute atomic E-state index is 0.144. The number of hydrogen-bond acceptors (Lipinski definition) is 4. The minimum atomic E-state index is -0.233. The van der Waals surface area contributed by atoms with E-state index in [1.54, 1.807) is 6.08 Å². The summed E-state index contributed by atoms with van der Waals surface area (Å²) in [6.07, 6.45) is 9.66. The smallest absolute Gasteiger partial charge is 0.333 e. The highest BCUT2D eigenvalue weighted by molar-refractivity contribution is 5.84. The second-order valence-electron chi connectivity index (χ2n) is 6.61. The van der Waals surface area contributed by atoms with Crippen LogP contribution in [-0.4, -0.2) is 42.3 Å². The van der Waals surface area contributed by atoms with Gasteiger partial charge in [-0.15, -0.1) is 0 Å². The van der Waals surface area contributed by atoms with Gasteiger partial charge in [0.15, 0.2) is 0 Å². The van der Waals surface area contributed by atoms with Crippen LogP contribution in [0, 0.1) is 5.92 Å². The van der Waals surface area contributed by atoms with E-state index in [4.69, 9.17) is 9.47 Å². The summed E-state index contributed by atoms with van der Waals surface area (Å²) < 4.78 is 11.4. The van der Waals surface area contributed by atoms with Crippen molar-refractivity contribution < 1.29 is 14.3 Å². The first-order valence-electron chi connectivity index (χ1n) is 8.89. The third-order valence-electron chi connectivity index (χ3n) is 5.65. The predicted molar refractivity (Wildman–Crippen MR) is 92.0 cm³/mol. The molecular weight excluding hydrogens is 290 g/mol. The molecule has 0 spiro atoms. The van der Waals surface area contributed by atoms with E-state index in [-0.39, 0.29) is 23.6 Å². The fourth-order valence-electron chi connectivity index (χ4n) is 4.20. The molecule has 0 aromatic heterocycles. The van der Waals surface area contributed by atoms with E-state index in [9.17, 15) is 4.79 Å². The van der Waals surface area contributed by atoms with Gasteiger partial charge < -0.3 is 14.4 Å². The molecule has 2 aliphatic rings. The summed E-state index contributed by atoms with van der Waals surface area (Å²) in [5, 5.41) is 0. The molecular formula is C19H31NO3. The molecule has 2 rings (SSSR count). The average Bonchev–Trinajstić information content (AvgIpc) is 3.03. The molecule has 0 N–H and O–H groups in total. The van der Waals surface area contributed by atoms with Crippen molar-refractivity contribution in [2.75, 3.05) is 13.7 Å². The van der Waals surface area contributed by atoms with Gasteiger partial charge in [0.2, 0.25) is 0 Å². The number of hydrogen-bond donors (Lipinski definition) is 0. The Kier molecular flexibility index (Phi) is 5.90. The topological polar surface area (TPSA) is 38.8 Å². The second-order valence-corrected chi connectivity index (χ2v) is 6.61. The molecule has 0 aliphatic carbocycles. The van der Waals surface area contributed by atoms with Gasteiger partial charge in [0.05, 0.1) is 11.6 Å². The highest BCUT2D eigenvalue weighted by Crippen LogP contribution is 2.40. The fraction of sp³-hybridized carbons (Fsp3) is 0.737. The number of allylic oxidation sites excluding steroid dienone is 1. The third kappa shape index (κ3) is 3.32. The molecule has 23 heavy (non-hydrogen) atoms. The third-order valence-corrected chi connectivity index (χ3v) is 5.65. The summed E-state index contributed by atoms with van der Waals surface area (Å²) in [5.74, 6) is -0.0596. The van der Waals surface area contributed by atoms with Crippen molar-refractivity contribution in [1.29, 1.82) is 0 Å². The summed E-state index contributed by atoms with van der Waals surface area (Å²) in [6.45, 7) is 9.48. The van der Waals surface area contributed by atoms with Crippen LogP contribution in [0.3, 0.4) is 0 Å². The van der Waals surface area contributed by atoms with Gasteiger partial charge in [0.25, 0.3) is 0 Å². The van der Waals surface area contributed by atoms with Gasteiger partial charge in [-0.3, -0.25) is 0 Å². The van der Waals surface area contributed by atoms with Crippen LogP contribution >= 0.6 is 0 Å². The lowest BCUT2D eigenvalue weighted by atomic mass is 9.85. The Morgan fingerprint density at radius 3 is 2.70 bits per heavy atom. The number of carbonyl (C=O) groups is 1. The molecule has 2 aliphatic heterocycles. The van der Waals surface area contributed by atoms with Crippen LogP contribution < -0.4 is 0 Å². The molecule has 0 aromatic carbocycles. The molecule has 4 heteroatoms. The van der Waals surface area contributed by atoms with Gasteiger partial charge in [0, 0.05) is 31.3 Å². The molecule has 1 saturated heterocycles. The number of cyclic esters (lactones) is 1. The van der Waals surface area contributed by atoms with Crippen molar-refractivity contribution >= 4 is 5.97 Å². The van der Waals surface area contributed by atoms with Gasteiger partial charge in [0.1, 0.15) is 6.10 Å². The van der Waals surface area contributed by atoms with E-state index in [0.29, 0.717) is 6.04 Å². The zero-order valence-electron chi connectivity index (χ0n) is 15.2. The van der Waals surface area contributed by atoms with Crippen LogP contribution in [0.1, 0.15) is 53.4 Å². The largest absolute Gasteiger partial charge is 0.454 e. The zero-order valence-corrected chi connectivity index (χ0v) is 15.2. The first-order valence-corrected chi connectivity index (χ1v) is 8.89. The van der Waals surface area contributed by atoms with Gasteiger partial charge in [-0.2, -0.15) is 0 Å². The Bertz CT molecular complexity index is 471. The van der Waals surface area contributed by atoms with E-state index in [1.165, 1.54) is 0 Å². The number of esters is 1. The normalized spacial score (nSPS) is 29.1. The van der Waals surface area contributed by atoms with E-state index in [1.807, 2.05) is 26.2 Å². The van der Waals surface area contributed by atoms with Crippen LogP contribution in [0.2, 0.25) is 0 Å². The maximum atomic E-state index is 12.0. The number of rotatable bonds is 6. The second kappa shape index (κ2) is 7.52. The molecule has 1 fully saturated rings. The molecule has 0 aromatic rings. The maximum Gasteiger partial charge on any atom is 0.333 e. The summed E-state index contributed by atoms with van der Waals surface area (Å²) in [6, 6.07) is 0.327. The standard InChI is InChI=1S/C19H31NO3/c1-6-10-16-14(4)15(13-18(21)23-16)20-12-9-11-17(20)19(7-2,8-3)22-5/h6,10,13-14,16-17H,7-9,11-12H2,1-5H3/b10-6+/t14-,16-,17+/m1/s1. The molecule has 130 valence electrons. The minimum Gasteiger partial charge on any atom is -0.454 e. The van der Waals surface area contributed by atoms with E-state index in [0.717, 1.165) is 37.9 Å². The molecule has 0 unspecified atom stereocenters. The van der Waals surface area contributed by atoms with E-state index in [2.05, 4.69) is 25.7 Å². The molecule has 2 heterocycles. The number of ether oxygens (including phenoxy) is 2. The van der Waals surface area contributed by atoms with Crippen molar-refractivity contribution in [2.24, 2.45) is 5.92 Å². The number of nitrogens with zero attached hydrogens (tertiary/aromatic N) is 1. The Hall–Kier alpha value is -1.29. The number of methoxy groups -OCH3 is 1. The summed E-state index contributed by atoms with van der Waals surface area (Å²) in [7, 11) is 1.82. The number of carbonyl (C=O) groups excluding carboxylic acids is 1. The molecule has 0 amide bonds. The van der Waals surface area contributed by atoms with Gasteiger partial charge in [-0.05, 0) is 38.7 Å². The maximum absolute atomic E-state index is 12.0. The fourth-order valence-corrected chi connectivity index (χ4v) is 4.20. The first kappa shape index (κ1) is 18.1. The Labute approximate surface area is 140 Å². The van der Waals surface area contributed by atoms with Gasteiger partial charge in [-0.1, -0.05) is 26.8 Å². The SMILES string of the molecule is C/C=C/[C@H]1OC(=O)C=C(N2CCC[C@H]2C(CC)(CC)OC)[C@H]1C. The highest BCUT2D eigenvalue weighted by Gasteiger charge is 2.45. The Morgan fingerprint density at radius 2 is 2.13 bits per heavy atom. The van der Waals surface area contributed by atoms with Gasteiger partial charge in [-0.25, -0.2) is 4.79 Å². The first-order chi connectivity index (χ1) is 11.0. The Balaban J connectivity index is 2.33. The van der Waals surface area contributed by atoms with Crippen LogP contribution in [0.15, 0.2) is 23.9 Å². The highest BCUT2D eigenvalue weighted by atomic mass is 16.5. The van der Waals surface area contributed by atoms with Crippen molar-refractivity contribution in [3.63, 3.8) is 0 Å². The van der Waals surface area contributed by atoms with Crippen LogP contribution in [0.25, 0.3) is 0 Å². The quantitative estimate of drug-likeness (QED) is 0.552. The zero-order chi connectivity index (χ0) is 17.0. The number of likely N-dealkylation sites (tertiary alicyclic amines) is 1. The lowest BCUT2D eigenvalue weighted by Crippen LogP contribution is -2.52. The molecule has 0 saturated carbocycles. The lowest BCUT2D eigenvalue weighted by Gasteiger charge is -2.45. The molecule has 3 atom stereocenters. The van der Waals surface area contributed by atoms with Gasteiger partial charge >= 0.3 is 5.97 Å².